The number of amides is 2. The highest BCUT2D eigenvalue weighted by atomic mass is 32.2. The molecule has 0 bridgehead atoms. The second-order valence-corrected chi connectivity index (χ2v) is 9.85. The monoisotopic (exact) mass is 435 g/mol. The standard InChI is InChI=1S/C21H23F2N3O3S/c1-30(28,29)26-8-6-15(7-9-26)14-2-4-18(5-3-14)24-21(27)25-12-16-10-17(22)11-20(23)19(16)13-25/h2-5,10-11,15H,6-9,12-13H2,1H3,(H,24,27). The maximum absolute atomic E-state index is 13.9. The number of urea groups is 1. The Morgan fingerprint density at radius 1 is 1.07 bits per heavy atom. The van der Waals surface area contributed by atoms with Gasteiger partial charge < -0.3 is 10.2 Å². The number of rotatable bonds is 3. The van der Waals surface area contributed by atoms with Crippen LogP contribution in [-0.4, -0.2) is 43.0 Å². The van der Waals surface area contributed by atoms with E-state index in [4.69, 9.17) is 0 Å². The predicted octanol–water partition coefficient (Wildman–Crippen LogP) is 3.65. The number of carbonyl (C=O) groups is 1. The molecule has 2 aliphatic heterocycles. The summed E-state index contributed by atoms with van der Waals surface area (Å²) in [5.41, 5.74) is 2.55. The minimum Gasteiger partial charge on any atom is -0.316 e. The van der Waals surface area contributed by atoms with E-state index in [1.807, 2.05) is 12.1 Å². The smallest absolute Gasteiger partial charge is 0.316 e. The number of benzene rings is 2. The third kappa shape index (κ3) is 4.32. The lowest BCUT2D eigenvalue weighted by atomic mass is 9.90. The van der Waals surface area contributed by atoms with Gasteiger partial charge in [-0.1, -0.05) is 12.1 Å². The van der Waals surface area contributed by atoms with Gasteiger partial charge in [-0.2, -0.15) is 0 Å². The molecule has 2 amide bonds. The lowest BCUT2D eigenvalue weighted by Gasteiger charge is -2.30. The number of sulfonamides is 1. The molecule has 2 aromatic rings. The first-order chi connectivity index (χ1) is 14.2. The van der Waals surface area contributed by atoms with Gasteiger partial charge in [0.2, 0.25) is 10.0 Å². The first-order valence-electron chi connectivity index (χ1n) is 9.78. The minimum atomic E-state index is -3.15. The number of piperidine rings is 1. The molecule has 0 spiro atoms. The van der Waals surface area contributed by atoms with E-state index < -0.39 is 21.7 Å². The van der Waals surface area contributed by atoms with Crippen LogP contribution in [0.3, 0.4) is 0 Å². The summed E-state index contributed by atoms with van der Waals surface area (Å²) >= 11 is 0. The number of nitrogens with one attached hydrogen (secondary N) is 1. The van der Waals surface area contributed by atoms with E-state index in [9.17, 15) is 22.0 Å². The van der Waals surface area contributed by atoms with Crippen molar-refractivity contribution < 1.29 is 22.0 Å². The van der Waals surface area contributed by atoms with Crippen LogP contribution in [0.4, 0.5) is 19.3 Å². The largest absolute Gasteiger partial charge is 0.322 e. The molecule has 6 nitrogen and oxygen atoms in total. The molecule has 2 aliphatic rings. The van der Waals surface area contributed by atoms with Gasteiger partial charge >= 0.3 is 6.03 Å². The van der Waals surface area contributed by atoms with Crippen LogP contribution in [0, 0.1) is 11.6 Å². The summed E-state index contributed by atoms with van der Waals surface area (Å²) in [6.07, 6.45) is 2.74. The number of hydrogen-bond acceptors (Lipinski definition) is 3. The molecule has 4 rings (SSSR count). The molecule has 1 fully saturated rings. The number of nitrogens with zero attached hydrogens (tertiary/aromatic N) is 2. The summed E-state index contributed by atoms with van der Waals surface area (Å²) in [5.74, 6) is -1.00. The molecule has 0 saturated carbocycles. The zero-order valence-electron chi connectivity index (χ0n) is 16.6. The molecule has 0 radical (unpaired) electrons. The van der Waals surface area contributed by atoms with E-state index in [1.54, 1.807) is 12.1 Å². The fourth-order valence-corrected chi connectivity index (χ4v) is 5.01. The average molecular weight is 435 g/mol. The second kappa shape index (κ2) is 7.96. The van der Waals surface area contributed by atoms with Crippen molar-refractivity contribution in [3.63, 3.8) is 0 Å². The third-order valence-electron chi connectivity index (χ3n) is 5.81. The van der Waals surface area contributed by atoms with Crippen LogP contribution >= 0.6 is 0 Å². The summed E-state index contributed by atoms with van der Waals surface area (Å²) in [7, 11) is -3.15. The van der Waals surface area contributed by atoms with Crippen LogP contribution in [0.25, 0.3) is 0 Å². The van der Waals surface area contributed by atoms with Gasteiger partial charge in [0.05, 0.1) is 12.8 Å². The summed E-state index contributed by atoms with van der Waals surface area (Å²) in [6.45, 7) is 1.28. The van der Waals surface area contributed by atoms with Crippen LogP contribution in [0.2, 0.25) is 0 Å². The minimum absolute atomic E-state index is 0.101. The lowest BCUT2D eigenvalue weighted by Crippen LogP contribution is -2.37. The maximum Gasteiger partial charge on any atom is 0.322 e. The van der Waals surface area contributed by atoms with E-state index in [1.165, 1.54) is 21.5 Å². The van der Waals surface area contributed by atoms with Crippen molar-refractivity contribution in [1.82, 2.24) is 9.21 Å². The Morgan fingerprint density at radius 2 is 1.73 bits per heavy atom. The molecule has 1 saturated heterocycles. The molecule has 160 valence electrons. The van der Waals surface area contributed by atoms with Gasteiger partial charge in [-0.25, -0.2) is 26.3 Å². The summed E-state index contributed by atoms with van der Waals surface area (Å²) < 4.78 is 52.0. The number of fused-ring (bicyclic) bond motifs is 1. The molecule has 0 aliphatic carbocycles. The topological polar surface area (TPSA) is 69.7 Å². The molecule has 30 heavy (non-hydrogen) atoms. The summed E-state index contributed by atoms with van der Waals surface area (Å²) in [6, 6.07) is 9.20. The first-order valence-corrected chi connectivity index (χ1v) is 11.6. The van der Waals surface area contributed by atoms with Crippen LogP contribution in [-0.2, 0) is 23.1 Å². The lowest BCUT2D eigenvalue weighted by molar-refractivity contribution is 0.212. The van der Waals surface area contributed by atoms with Gasteiger partial charge in [0.25, 0.3) is 0 Å². The Morgan fingerprint density at radius 3 is 2.37 bits per heavy atom. The van der Waals surface area contributed by atoms with Crippen LogP contribution in [0.5, 0.6) is 0 Å². The normalized spacial score (nSPS) is 17.8. The Bertz CT molecular complexity index is 1070. The van der Waals surface area contributed by atoms with Gasteiger partial charge in [-0.15, -0.1) is 0 Å². The van der Waals surface area contributed by atoms with Gasteiger partial charge in [0.1, 0.15) is 11.6 Å². The fraction of sp³-hybridized carbons (Fsp3) is 0.381. The van der Waals surface area contributed by atoms with Crippen LogP contribution < -0.4 is 5.32 Å². The maximum atomic E-state index is 13.9. The van der Waals surface area contributed by atoms with Crippen molar-refractivity contribution in [1.29, 1.82) is 0 Å². The van der Waals surface area contributed by atoms with Crippen molar-refractivity contribution in [3.05, 3.63) is 64.7 Å². The highest BCUT2D eigenvalue weighted by Gasteiger charge is 2.28. The molecule has 0 aromatic heterocycles. The van der Waals surface area contributed by atoms with Crippen LogP contribution in [0.1, 0.15) is 35.4 Å². The summed E-state index contributed by atoms with van der Waals surface area (Å²) in [4.78, 5) is 14.0. The van der Waals surface area contributed by atoms with Crippen molar-refractivity contribution in [2.75, 3.05) is 24.7 Å². The third-order valence-corrected chi connectivity index (χ3v) is 7.11. The Hall–Kier alpha value is -2.52. The molecular weight excluding hydrogens is 412 g/mol. The van der Waals surface area contributed by atoms with E-state index in [0.29, 0.717) is 29.9 Å². The van der Waals surface area contributed by atoms with E-state index in [-0.39, 0.29) is 25.0 Å². The zero-order valence-corrected chi connectivity index (χ0v) is 17.4. The van der Waals surface area contributed by atoms with Crippen molar-refractivity contribution in [3.8, 4) is 0 Å². The Labute approximate surface area is 174 Å². The highest BCUT2D eigenvalue weighted by molar-refractivity contribution is 7.88. The zero-order chi connectivity index (χ0) is 21.5. The first kappa shape index (κ1) is 20.7. The molecular formula is C21H23F2N3O3S. The van der Waals surface area contributed by atoms with Gasteiger partial charge in [0.15, 0.2) is 0 Å². The van der Waals surface area contributed by atoms with Crippen molar-refractivity contribution in [2.45, 2.75) is 31.8 Å². The van der Waals surface area contributed by atoms with Gasteiger partial charge in [0, 0.05) is 37.0 Å². The number of halogens is 2. The fourth-order valence-electron chi connectivity index (χ4n) is 4.13. The van der Waals surface area contributed by atoms with E-state index >= 15 is 0 Å². The van der Waals surface area contributed by atoms with Crippen molar-refractivity contribution >= 4 is 21.7 Å². The molecule has 0 atom stereocenters. The Kier molecular flexibility index (Phi) is 5.50. The van der Waals surface area contributed by atoms with Gasteiger partial charge in [-0.05, 0) is 48.1 Å². The predicted molar refractivity (Wildman–Crippen MR) is 109 cm³/mol. The molecule has 2 heterocycles. The average Bonchev–Trinajstić information content (AvgIpc) is 3.13. The molecule has 9 heteroatoms. The van der Waals surface area contributed by atoms with E-state index in [2.05, 4.69) is 5.32 Å². The summed E-state index contributed by atoms with van der Waals surface area (Å²) in [5, 5.41) is 2.79. The van der Waals surface area contributed by atoms with Crippen LogP contribution in [0.15, 0.2) is 36.4 Å². The molecule has 2 aromatic carbocycles. The number of carbonyl (C=O) groups excluding carboxylic acids is 1. The number of anilines is 1. The SMILES string of the molecule is CS(=O)(=O)N1CCC(c2ccc(NC(=O)N3Cc4cc(F)cc(F)c4C3)cc2)CC1. The second-order valence-electron chi connectivity index (χ2n) is 7.87. The van der Waals surface area contributed by atoms with Crippen molar-refractivity contribution in [2.24, 2.45) is 0 Å². The number of hydrogen-bond donors (Lipinski definition) is 1. The molecule has 1 N–H and O–H groups in total. The quantitative estimate of drug-likeness (QED) is 0.800. The molecule has 0 unspecified atom stereocenters. The Balaban J connectivity index is 1.35. The van der Waals surface area contributed by atoms with Gasteiger partial charge in [-0.3, -0.25) is 0 Å². The highest BCUT2D eigenvalue weighted by Crippen LogP contribution is 2.30. The van der Waals surface area contributed by atoms with E-state index in [0.717, 1.165) is 24.5 Å².